The van der Waals surface area contributed by atoms with Gasteiger partial charge in [-0.05, 0) is 60.8 Å². The number of halogens is 1. The van der Waals surface area contributed by atoms with Crippen LogP contribution in [0.2, 0.25) is 0 Å². The number of benzene rings is 1. The van der Waals surface area contributed by atoms with Crippen molar-refractivity contribution in [1.29, 1.82) is 0 Å². The quantitative estimate of drug-likeness (QED) is 0.328. The Morgan fingerprint density at radius 2 is 1.77 bits per heavy atom. The van der Waals surface area contributed by atoms with Crippen LogP contribution in [0.1, 0.15) is 50.3 Å². The number of alkyl halides is 1. The van der Waals surface area contributed by atoms with Gasteiger partial charge in [0.05, 0.1) is 7.11 Å². The molecular weight excluding hydrogens is 413 g/mol. The summed E-state index contributed by atoms with van der Waals surface area (Å²) in [6.07, 6.45) is 3.88. The molecular formula is C21H32FNO8. The van der Waals surface area contributed by atoms with E-state index in [-0.39, 0.29) is 17.5 Å². The molecule has 0 aromatic heterocycles. The van der Waals surface area contributed by atoms with E-state index in [1.54, 1.807) is 6.07 Å². The summed E-state index contributed by atoms with van der Waals surface area (Å²) in [6, 6.07) is -1.46. The highest BCUT2D eigenvalue weighted by Gasteiger charge is 2.66. The number of hydrogen-bond acceptors (Lipinski definition) is 9. The normalized spacial score (nSPS) is 22.8. The van der Waals surface area contributed by atoms with Crippen LogP contribution < -0.4 is 9.47 Å². The van der Waals surface area contributed by atoms with Crippen LogP contribution in [0.25, 0.3) is 0 Å². The number of hydrogen-bond donors (Lipinski definition) is 6. The SMILES string of the molecule is COc1cc2c(cc1OC(O)(O)C(O)(O)C(O)(O)F)CCN1CC(CC(C)C)CCC21. The minimum Gasteiger partial charge on any atom is -0.493 e. The summed E-state index contributed by atoms with van der Waals surface area (Å²) in [5, 5.41) is 56.4. The first-order valence-corrected chi connectivity index (χ1v) is 10.4. The summed E-state index contributed by atoms with van der Waals surface area (Å²) in [4.78, 5) is 2.43. The maximum Gasteiger partial charge on any atom is 0.388 e. The van der Waals surface area contributed by atoms with Gasteiger partial charge in [0.25, 0.3) is 0 Å². The Balaban J connectivity index is 1.87. The second kappa shape index (κ2) is 8.43. The maximum atomic E-state index is 13.3. The number of nitrogens with zero attached hydrogens (tertiary/aromatic N) is 1. The first-order chi connectivity index (χ1) is 14.3. The smallest absolute Gasteiger partial charge is 0.388 e. The van der Waals surface area contributed by atoms with Gasteiger partial charge in [0.2, 0.25) is 0 Å². The number of fused-ring (bicyclic) bond motifs is 3. The second-order valence-corrected chi connectivity index (χ2v) is 9.01. The molecule has 0 amide bonds. The fourth-order valence-corrected chi connectivity index (χ4v) is 4.66. The van der Waals surface area contributed by atoms with E-state index in [2.05, 4.69) is 18.7 Å². The first kappa shape index (κ1) is 24.1. The number of aliphatic hydroxyl groups is 6. The lowest BCUT2D eigenvalue weighted by Crippen LogP contribution is -2.69. The van der Waals surface area contributed by atoms with Gasteiger partial charge in [-0.1, -0.05) is 13.8 Å². The molecule has 2 unspecified atom stereocenters. The van der Waals surface area contributed by atoms with E-state index >= 15 is 0 Å². The van der Waals surface area contributed by atoms with Gasteiger partial charge >= 0.3 is 17.8 Å². The summed E-state index contributed by atoms with van der Waals surface area (Å²) in [5.41, 5.74) is 1.85. The van der Waals surface area contributed by atoms with Gasteiger partial charge in [-0.2, -0.15) is 4.39 Å². The van der Waals surface area contributed by atoms with E-state index in [1.165, 1.54) is 19.6 Å². The molecule has 9 nitrogen and oxygen atoms in total. The first-order valence-electron chi connectivity index (χ1n) is 10.4. The molecule has 0 aliphatic carbocycles. The van der Waals surface area contributed by atoms with E-state index in [1.807, 2.05) is 0 Å². The maximum absolute atomic E-state index is 13.3. The minimum absolute atomic E-state index is 0.0496. The van der Waals surface area contributed by atoms with E-state index in [0.29, 0.717) is 18.3 Å². The molecule has 0 spiro atoms. The number of ether oxygens (including phenoxy) is 2. The third kappa shape index (κ3) is 4.65. The molecule has 10 heteroatoms. The average molecular weight is 445 g/mol. The zero-order chi connectivity index (χ0) is 23.2. The third-order valence-corrected chi connectivity index (χ3v) is 6.19. The van der Waals surface area contributed by atoms with Crippen LogP contribution in [0.5, 0.6) is 11.5 Å². The van der Waals surface area contributed by atoms with Crippen molar-refractivity contribution in [2.45, 2.75) is 63.4 Å². The van der Waals surface area contributed by atoms with Crippen molar-refractivity contribution < 1.29 is 44.5 Å². The van der Waals surface area contributed by atoms with E-state index < -0.39 is 17.8 Å². The largest absolute Gasteiger partial charge is 0.493 e. The van der Waals surface area contributed by atoms with Crippen molar-refractivity contribution in [3.8, 4) is 11.5 Å². The summed E-state index contributed by atoms with van der Waals surface area (Å²) in [5.74, 6) is -7.54. The molecule has 0 bridgehead atoms. The Morgan fingerprint density at radius 1 is 1.10 bits per heavy atom. The molecule has 2 atom stereocenters. The highest BCUT2D eigenvalue weighted by atomic mass is 19.2. The number of piperidine rings is 1. The molecule has 1 saturated heterocycles. The Bertz CT molecular complexity index is 792. The predicted octanol–water partition coefficient (Wildman–Crippen LogP) is 0.356. The van der Waals surface area contributed by atoms with E-state index in [4.69, 9.17) is 19.7 Å². The van der Waals surface area contributed by atoms with Crippen LogP contribution in [0.3, 0.4) is 0 Å². The zero-order valence-electron chi connectivity index (χ0n) is 18.0. The summed E-state index contributed by atoms with van der Waals surface area (Å²) >= 11 is 0. The van der Waals surface area contributed by atoms with Crippen LogP contribution in [-0.2, 0) is 6.42 Å². The second-order valence-electron chi connectivity index (χ2n) is 9.01. The van der Waals surface area contributed by atoms with Gasteiger partial charge in [0.1, 0.15) is 0 Å². The Morgan fingerprint density at radius 3 is 2.35 bits per heavy atom. The summed E-state index contributed by atoms with van der Waals surface area (Å²) in [7, 11) is 1.31. The monoisotopic (exact) mass is 445 g/mol. The molecule has 0 radical (unpaired) electrons. The van der Waals surface area contributed by atoms with Gasteiger partial charge < -0.3 is 40.1 Å². The molecule has 176 valence electrons. The molecule has 2 aliphatic rings. The zero-order valence-corrected chi connectivity index (χ0v) is 18.0. The highest BCUT2D eigenvalue weighted by molar-refractivity contribution is 5.50. The lowest BCUT2D eigenvalue weighted by molar-refractivity contribution is -0.525. The van der Waals surface area contributed by atoms with Crippen LogP contribution in [0.15, 0.2) is 12.1 Å². The molecule has 1 fully saturated rings. The predicted molar refractivity (Wildman–Crippen MR) is 106 cm³/mol. The number of rotatable bonds is 7. The Hall–Kier alpha value is -1.53. The fraction of sp³-hybridized carbons (Fsp3) is 0.714. The summed E-state index contributed by atoms with van der Waals surface area (Å²) in [6.45, 7) is 6.25. The molecule has 2 heterocycles. The van der Waals surface area contributed by atoms with Crippen molar-refractivity contribution in [3.63, 3.8) is 0 Å². The molecule has 6 N–H and O–H groups in total. The standard InChI is InChI=1S/C21H32FNO8/c1-12(2)8-13-4-5-16-15-10-17(30-3)18(9-14(15)6-7-23(16)11-13)31-21(28,29)19(24,25)20(22,26)27/h9-10,12-13,16,24-29H,4-8,11H2,1-3H3. The van der Waals surface area contributed by atoms with Crippen molar-refractivity contribution in [2.24, 2.45) is 11.8 Å². The van der Waals surface area contributed by atoms with Gasteiger partial charge in [-0.3, -0.25) is 4.90 Å². The Labute approximate surface area is 180 Å². The third-order valence-electron chi connectivity index (χ3n) is 6.19. The van der Waals surface area contributed by atoms with Gasteiger partial charge in [0, 0.05) is 19.1 Å². The van der Waals surface area contributed by atoms with Gasteiger partial charge in [0.15, 0.2) is 11.5 Å². The molecule has 3 rings (SSSR count). The summed E-state index contributed by atoms with van der Waals surface area (Å²) < 4.78 is 23.3. The van der Waals surface area contributed by atoms with Crippen molar-refractivity contribution >= 4 is 0 Å². The highest BCUT2D eigenvalue weighted by Crippen LogP contribution is 2.44. The number of methoxy groups -OCH3 is 1. The molecule has 31 heavy (non-hydrogen) atoms. The lowest BCUT2D eigenvalue weighted by Gasteiger charge is -2.44. The van der Waals surface area contributed by atoms with Crippen LogP contribution in [-0.4, -0.2) is 73.5 Å². The van der Waals surface area contributed by atoms with Crippen molar-refractivity contribution in [1.82, 2.24) is 4.90 Å². The van der Waals surface area contributed by atoms with E-state index in [0.717, 1.165) is 37.1 Å². The van der Waals surface area contributed by atoms with E-state index in [9.17, 15) is 24.8 Å². The molecule has 2 aliphatic heterocycles. The fourth-order valence-electron chi connectivity index (χ4n) is 4.66. The lowest BCUT2D eigenvalue weighted by atomic mass is 9.81. The van der Waals surface area contributed by atoms with Gasteiger partial charge in [-0.15, -0.1) is 0 Å². The van der Waals surface area contributed by atoms with Crippen molar-refractivity contribution in [2.75, 3.05) is 20.2 Å². The average Bonchev–Trinajstić information content (AvgIpc) is 2.65. The Kier molecular flexibility index (Phi) is 6.56. The van der Waals surface area contributed by atoms with Crippen LogP contribution in [0.4, 0.5) is 4.39 Å². The topological polar surface area (TPSA) is 143 Å². The van der Waals surface area contributed by atoms with Crippen molar-refractivity contribution in [3.05, 3.63) is 23.3 Å². The molecule has 1 aromatic rings. The van der Waals surface area contributed by atoms with Gasteiger partial charge in [-0.25, -0.2) is 0 Å². The molecule has 0 saturated carbocycles. The van der Waals surface area contributed by atoms with Crippen LogP contribution in [0, 0.1) is 11.8 Å². The minimum atomic E-state index is -4.77. The molecule has 1 aromatic carbocycles. The van der Waals surface area contributed by atoms with Crippen LogP contribution >= 0.6 is 0 Å².